The number of rotatable bonds is 7. The molecule has 0 spiro atoms. The van der Waals surface area contributed by atoms with Crippen LogP contribution in [0.3, 0.4) is 0 Å². The Morgan fingerprint density at radius 2 is 1.95 bits per heavy atom. The molecule has 108 valence electrons. The summed E-state index contributed by atoms with van der Waals surface area (Å²) in [6, 6.07) is 5.42. The van der Waals surface area contributed by atoms with E-state index in [0.29, 0.717) is 10.8 Å². The molecule has 0 aliphatic heterocycles. The summed E-state index contributed by atoms with van der Waals surface area (Å²) >= 11 is 6.02. The van der Waals surface area contributed by atoms with Gasteiger partial charge in [0.05, 0.1) is 0 Å². The summed E-state index contributed by atoms with van der Waals surface area (Å²) < 4.78 is 0. The molecule has 1 rings (SSSR count). The molecule has 0 aliphatic carbocycles. The largest absolute Gasteiger partial charge is 0.508 e. The summed E-state index contributed by atoms with van der Waals surface area (Å²) in [4.78, 5) is 4.55. The van der Waals surface area contributed by atoms with Crippen molar-refractivity contribution in [3.05, 3.63) is 28.8 Å². The third kappa shape index (κ3) is 5.01. The van der Waals surface area contributed by atoms with Gasteiger partial charge in [-0.3, -0.25) is 4.90 Å². The maximum Gasteiger partial charge on any atom is 0.120 e. The highest BCUT2D eigenvalue weighted by Gasteiger charge is 2.17. The van der Waals surface area contributed by atoms with E-state index in [9.17, 15) is 5.11 Å². The summed E-state index contributed by atoms with van der Waals surface area (Å²) in [5.41, 5.74) is 0.902. The molecular weight excluding hydrogens is 260 g/mol. The zero-order valence-electron chi connectivity index (χ0n) is 12.4. The molecular formula is C15H25ClN2O. The van der Waals surface area contributed by atoms with Gasteiger partial charge >= 0.3 is 0 Å². The minimum Gasteiger partial charge on any atom is -0.508 e. The summed E-state index contributed by atoms with van der Waals surface area (Å²) in [6.07, 6.45) is 1.12. The zero-order chi connectivity index (χ0) is 14.4. The number of aromatic hydroxyl groups is 1. The Balaban J connectivity index is 2.71. The van der Waals surface area contributed by atoms with Crippen LogP contribution in [0.5, 0.6) is 5.75 Å². The molecule has 19 heavy (non-hydrogen) atoms. The SMILES string of the molecule is CCN(CCCN(C)C)C(C)c1cc(Cl)ccc1O. The Kier molecular flexibility index (Phi) is 6.63. The lowest BCUT2D eigenvalue weighted by Gasteiger charge is -2.29. The zero-order valence-corrected chi connectivity index (χ0v) is 13.1. The number of phenols is 1. The summed E-state index contributed by atoms with van der Waals surface area (Å²) in [5, 5.41) is 10.6. The lowest BCUT2D eigenvalue weighted by Crippen LogP contribution is -2.30. The second-order valence-corrected chi connectivity index (χ2v) is 5.60. The summed E-state index contributed by atoms with van der Waals surface area (Å²) in [7, 11) is 4.17. The Hall–Kier alpha value is -0.770. The van der Waals surface area contributed by atoms with Gasteiger partial charge in [-0.2, -0.15) is 0 Å². The predicted molar refractivity (Wildman–Crippen MR) is 81.9 cm³/mol. The molecule has 1 atom stereocenters. The van der Waals surface area contributed by atoms with Crippen molar-refractivity contribution in [2.24, 2.45) is 0 Å². The van der Waals surface area contributed by atoms with E-state index in [1.165, 1.54) is 0 Å². The van der Waals surface area contributed by atoms with Crippen LogP contribution in [0, 0.1) is 0 Å². The Morgan fingerprint density at radius 1 is 1.26 bits per heavy atom. The van der Waals surface area contributed by atoms with Crippen LogP contribution >= 0.6 is 11.6 Å². The van der Waals surface area contributed by atoms with Gasteiger partial charge in [-0.1, -0.05) is 18.5 Å². The minimum absolute atomic E-state index is 0.172. The quantitative estimate of drug-likeness (QED) is 0.831. The van der Waals surface area contributed by atoms with E-state index in [0.717, 1.165) is 31.6 Å². The normalized spacial score (nSPS) is 13.2. The average molecular weight is 285 g/mol. The van der Waals surface area contributed by atoms with Crippen molar-refractivity contribution >= 4 is 11.6 Å². The van der Waals surface area contributed by atoms with Gasteiger partial charge in [0.2, 0.25) is 0 Å². The van der Waals surface area contributed by atoms with Crippen molar-refractivity contribution in [2.75, 3.05) is 33.7 Å². The third-order valence-electron chi connectivity index (χ3n) is 3.44. The minimum atomic E-state index is 0.172. The van der Waals surface area contributed by atoms with Crippen molar-refractivity contribution in [1.29, 1.82) is 0 Å². The van der Waals surface area contributed by atoms with Crippen LogP contribution in [0.4, 0.5) is 0 Å². The summed E-state index contributed by atoms with van der Waals surface area (Å²) in [5.74, 6) is 0.322. The average Bonchev–Trinajstić information content (AvgIpc) is 2.36. The third-order valence-corrected chi connectivity index (χ3v) is 3.68. The highest BCUT2D eigenvalue weighted by Crippen LogP contribution is 2.30. The van der Waals surface area contributed by atoms with Crippen LogP contribution in [-0.2, 0) is 0 Å². The second kappa shape index (κ2) is 7.73. The summed E-state index contributed by atoms with van der Waals surface area (Å²) in [6.45, 7) is 7.31. The second-order valence-electron chi connectivity index (χ2n) is 5.16. The van der Waals surface area contributed by atoms with Crippen molar-refractivity contribution in [3.63, 3.8) is 0 Å². The molecule has 0 saturated carbocycles. The fourth-order valence-electron chi connectivity index (χ4n) is 2.27. The maximum absolute atomic E-state index is 9.97. The van der Waals surface area contributed by atoms with Crippen LogP contribution < -0.4 is 0 Å². The molecule has 0 fully saturated rings. The molecule has 3 nitrogen and oxygen atoms in total. The number of halogens is 1. The first kappa shape index (κ1) is 16.3. The van der Waals surface area contributed by atoms with Gasteiger partial charge in [0.1, 0.15) is 5.75 Å². The Morgan fingerprint density at radius 3 is 2.53 bits per heavy atom. The molecule has 0 amide bonds. The van der Waals surface area contributed by atoms with Crippen molar-refractivity contribution in [3.8, 4) is 5.75 Å². The maximum atomic E-state index is 9.97. The highest BCUT2D eigenvalue weighted by molar-refractivity contribution is 6.30. The Bertz CT molecular complexity index is 396. The van der Waals surface area contributed by atoms with E-state index in [1.807, 2.05) is 6.07 Å². The van der Waals surface area contributed by atoms with Crippen LogP contribution in [0.25, 0.3) is 0 Å². The number of hydrogen-bond donors (Lipinski definition) is 1. The Labute approximate surface area is 121 Å². The monoisotopic (exact) mass is 284 g/mol. The fourth-order valence-corrected chi connectivity index (χ4v) is 2.45. The van der Waals surface area contributed by atoms with E-state index < -0.39 is 0 Å². The van der Waals surface area contributed by atoms with E-state index in [1.54, 1.807) is 12.1 Å². The molecule has 4 heteroatoms. The molecule has 0 bridgehead atoms. The lowest BCUT2D eigenvalue weighted by molar-refractivity contribution is 0.207. The first-order valence-electron chi connectivity index (χ1n) is 6.83. The van der Waals surface area contributed by atoms with E-state index in [-0.39, 0.29) is 6.04 Å². The van der Waals surface area contributed by atoms with Gasteiger partial charge in [0.25, 0.3) is 0 Å². The van der Waals surface area contributed by atoms with Gasteiger partial charge in [-0.15, -0.1) is 0 Å². The molecule has 0 aromatic heterocycles. The molecule has 1 N–H and O–H groups in total. The number of nitrogens with zero attached hydrogens (tertiary/aromatic N) is 2. The van der Waals surface area contributed by atoms with Crippen LogP contribution in [0.2, 0.25) is 5.02 Å². The lowest BCUT2D eigenvalue weighted by atomic mass is 10.1. The highest BCUT2D eigenvalue weighted by atomic mass is 35.5. The van der Waals surface area contributed by atoms with E-state index in [4.69, 9.17) is 11.6 Å². The van der Waals surface area contributed by atoms with Crippen LogP contribution in [0.15, 0.2) is 18.2 Å². The van der Waals surface area contributed by atoms with Crippen LogP contribution in [-0.4, -0.2) is 48.6 Å². The van der Waals surface area contributed by atoms with Gasteiger partial charge in [0.15, 0.2) is 0 Å². The number of hydrogen-bond acceptors (Lipinski definition) is 3. The van der Waals surface area contributed by atoms with Crippen molar-refractivity contribution in [2.45, 2.75) is 26.3 Å². The standard InChI is InChI=1S/C15H25ClN2O/c1-5-18(10-6-9-17(3)4)12(2)14-11-13(16)7-8-15(14)19/h7-8,11-12,19H,5-6,9-10H2,1-4H3. The fraction of sp³-hybridized carbons (Fsp3) is 0.600. The topological polar surface area (TPSA) is 26.7 Å². The number of phenolic OH excluding ortho intramolecular Hbond substituents is 1. The molecule has 1 aromatic rings. The van der Waals surface area contributed by atoms with Crippen LogP contribution in [0.1, 0.15) is 31.9 Å². The predicted octanol–water partition coefficient (Wildman–Crippen LogP) is 3.38. The van der Waals surface area contributed by atoms with Gasteiger partial charge < -0.3 is 10.0 Å². The molecule has 0 aliphatic rings. The number of benzene rings is 1. The smallest absolute Gasteiger partial charge is 0.120 e. The molecule has 1 aromatic carbocycles. The molecule has 0 radical (unpaired) electrons. The van der Waals surface area contributed by atoms with Crippen molar-refractivity contribution < 1.29 is 5.11 Å². The van der Waals surface area contributed by atoms with Gasteiger partial charge in [0, 0.05) is 16.6 Å². The molecule has 0 heterocycles. The van der Waals surface area contributed by atoms with Crippen molar-refractivity contribution in [1.82, 2.24) is 9.80 Å². The van der Waals surface area contributed by atoms with Gasteiger partial charge in [-0.25, -0.2) is 0 Å². The van der Waals surface area contributed by atoms with Gasteiger partial charge in [-0.05, 0) is 65.3 Å². The van der Waals surface area contributed by atoms with E-state index >= 15 is 0 Å². The first-order valence-corrected chi connectivity index (χ1v) is 7.20. The molecule has 1 unspecified atom stereocenters. The first-order chi connectivity index (χ1) is 8.95. The van der Waals surface area contributed by atoms with E-state index in [2.05, 4.69) is 37.7 Å². The molecule has 0 saturated heterocycles.